The van der Waals surface area contributed by atoms with E-state index < -0.39 is 29.3 Å². The van der Waals surface area contributed by atoms with Crippen molar-refractivity contribution in [3.8, 4) is 0 Å². The molecule has 0 rings (SSSR count). The Morgan fingerprint density at radius 1 is 0.708 bits per heavy atom. The van der Waals surface area contributed by atoms with Crippen LogP contribution in [0.5, 0.6) is 0 Å². The van der Waals surface area contributed by atoms with Crippen molar-refractivity contribution < 1.29 is 39.6 Å². The van der Waals surface area contributed by atoms with Gasteiger partial charge in [-0.1, -0.05) is 12.2 Å². The van der Waals surface area contributed by atoms with Crippen molar-refractivity contribution >= 4 is 23.9 Å². The van der Waals surface area contributed by atoms with Gasteiger partial charge in [0.1, 0.15) is 5.41 Å². The van der Waals surface area contributed by atoms with E-state index in [0.717, 1.165) is 0 Å². The van der Waals surface area contributed by atoms with E-state index in [-0.39, 0.29) is 25.7 Å². The van der Waals surface area contributed by atoms with Crippen LogP contribution < -0.4 is 0 Å². The Bertz CT molecular complexity index is 443. The minimum atomic E-state index is -1.20. The summed E-state index contributed by atoms with van der Waals surface area (Å²) in [7, 11) is 0. The van der Waals surface area contributed by atoms with Crippen LogP contribution >= 0.6 is 0 Å². The lowest BCUT2D eigenvalue weighted by Gasteiger charge is -2.20. The van der Waals surface area contributed by atoms with E-state index in [9.17, 15) is 19.2 Å². The molecule has 136 valence electrons. The minimum absolute atomic E-state index is 0.0449. The van der Waals surface area contributed by atoms with Gasteiger partial charge in [0, 0.05) is 19.3 Å². The average molecular weight is 344 g/mol. The molecule has 0 aliphatic heterocycles. The Morgan fingerprint density at radius 3 is 1.29 bits per heavy atom. The number of aliphatic carboxylic acids is 4. The second-order valence-corrected chi connectivity index (χ2v) is 5.00. The number of hydrogen-bond donors (Lipinski definition) is 4. The summed E-state index contributed by atoms with van der Waals surface area (Å²) in [6, 6.07) is 0. The molecule has 0 radical (unpaired) electrons. The molecule has 0 aromatic carbocycles. The molecule has 0 bridgehead atoms. The van der Waals surface area contributed by atoms with E-state index in [4.69, 9.17) is 20.4 Å². The molecule has 0 aromatic heterocycles. The first-order valence-electron chi connectivity index (χ1n) is 7.27. The second-order valence-electron chi connectivity index (χ2n) is 5.00. The molecule has 0 amide bonds. The Morgan fingerprint density at radius 2 is 1.04 bits per heavy atom. The molecular weight excluding hydrogens is 320 g/mol. The van der Waals surface area contributed by atoms with Crippen LogP contribution in [0.25, 0.3) is 0 Å². The highest BCUT2D eigenvalue weighted by Gasteiger charge is 2.31. The first-order chi connectivity index (χ1) is 11.1. The maximum Gasteiger partial charge on any atom is 0.317 e. The molecule has 0 unspecified atom stereocenters. The molecule has 24 heavy (non-hydrogen) atoms. The van der Waals surface area contributed by atoms with Gasteiger partial charge in [0.2, 0.25) is 0 Å². The van der Waals surface area contributed by atoms with E-state index in [1.807, 2.05) is 0 Å². The lowest BCUT2D eigenvalue weighted by Crippen LogP contribution is -2.26. The Kier molecular flexibility index (Phi) is 12.7. The largest absolute Gasteiger partial charge is 0.481 e. The smallest absolute Gasteiger partial charge is 0.317 e. The van der Waals surface area contributed by atoms with Gasteiger partial charge in [-0.15, -0.1) is 13.2 Å². The van der Waals surface area contributed by atoms with Crippen LogP contribution in [0.1, 0.15) is 44.9 Å². The lowest BCUT2D eigenvalue weighted by molar-refractivity contribution is -0.144. The fourth-order valence-electron chi connectivity index (χ4n) is 1.65. The molecule has 4 N–H and O–H groups in total. The van der Waals surface area contributed by atoms with E-state index in [0.29, 0.717) is 19.3 Å². The zero-order valence-corrected chi connectivity index (χ0v) is 13.4. The van der Waals surface area contributed by atoms with Crippen molar-refractivity contribution in [2.24, 2.45) is 5.41 Å². The molecule has 0 atom stereocenters. The molecule has 0 heterocycles. The predicted molar refractivity (Wildman–Crippen MR) is 85.7 cm³/mol. The van der Waals surface area contributed by atoms with E-state index in [1.165, 1.54) is 12.2 Å². The van der Waals surface area contributed by atoms with Crippen LogP contribution in [0.2, 0.25) is 0 Å². The molecule has 0 saturated carbocycles. The number of hydrogen-bond acceptors (Lipinski definition) is 4. The van der Waals surface area contributed by atoms with Gasteiger partial charge in [0.25, 0.3) is 0 Å². The topological polar surface area (TPSA) is 149 Å². The van der Waals surface area contributed by atoms with Crippen molar-refractivity contribution in [1.29, 1.82) is 0 Å². The highest BCUT2D eigenvalue weighted by atomic mass is 16.4. The summed E-state index contributed by atoms with van der Waals surface area (Å²) >= 11 is 0. The van der Waals surface area contributed by atoms with Crippen LogP contribution in [0.4, 0.5) is 0 Å². The first kappa shape index (κ1) is 23.6. The lowest BCUT2D eigenvalue weighted by atomic mass is 9.83. The third kappa shape index (κ3) is 12.0. The van der Waals surface area contributed by atoms with Gasteiger partial charge in [-0.25, -0.2) is 0 Å². The van der Waals surface area contributed by atoms with Crippen LogP contribution in [-0.2, 0) is 19.2 Å². The first-order valence-corrected chi connectivity index (χ1v) is 7.27. The van der Waals surface area contributed by atoms with Crippen molar-refractivity contribution in [3.05, 3.63) is 25.3 Å². The molecule has 0 fully saturated rings. The van der Waals surface area contributed by atoms with Gasteiger partial charge in [0.05, 0.1) is 0 Å². The fourth-order valence-corrected chi connectivity index (χ4v) is 1.65. The summed E-state index contributed by atoms with van der Waals surface area (Å²) in [5.74, 6) is -3.72. The highest BCUT2D eigenvalue weighted by molar-refractivity contribution is 5.79. The van der Waals surface area contributed by atoms with Gasteiger partial charge in [-0.2, -0.15) is 0 Å². The van der Waals surface area contributed by atoms with E-state index in [2.05, 4.69) is 13.2 Å². The van der Waals surface area contributed by atoms with E-state index in [1.54, 1.807) is 0 Å². The monoisotopic (exact) mass is 344 g/mol. The fraction of sp³-hybridized carbons (Fsp3) is 0.500. The molecule has 0 aliphatic carbocycles. The highest BCUT2D eigenvalue weighted by Crippen LogP contribution is 2.27. The Labute approximate surface area is 140 Å². The summed E-state index contributed by atoms with van der Waals surface area (Å²) in [5.41, 5.74) is -1.20. The van der Waals surface area contributed by atoms with Crippen molar-refractivity contribution in [3.63, 3.8) is 0 Å². The molecule has 0 saturated heterocycles. The molecule has 0 spiro atoms. The van der Waals surface area contributed by atoms with Gasteiger partial charge >= 0.3 is 23.9 Å². The van der Waals surface area contributed by atoms with Crippen LogP contribution in [0, 0.1) is 5.41 Å². The number of unbranched alkanes of at least 4 members (excludes halogenated alkanes) is 1. The second kappa shape index (κ2) is 12.9. The number of carboxylic acids is 4. The number of carbonyl (C=O) groups is 4. The van der Waals surface area contributed by atoms with Gasteiger partial charge in [-0.3, -0.25) is 19.2 Å². The average Bonchev–Trinajstić information content (AvgIpc) is 2.48. The quantitative estimate of drug-likeness (QED) is 0.311. The zero-order valence-electron chi connectivity index (χ0n) is 13.4. The third-order valence-corrected chi connectivity index (χ3v) is 3.14. The van der Waals surface area contributed by atoms with Crippen molar-refractivity contribution in [1.82, 2.24) is 0 Å². The molecule has 0 aliphatic rings. The predicted octanol–water partition coefficient (Wildman–Crippen LogP) is 2.40. The van der Waals surface area contributed by atoms with Crippen molar-refractivity contribution in [2.75, 3.05) is 0 Å². The van der Waals surface area contributed by atoms with Crippen molar-refractivity contribution in [2.45, 2.75) is 44.9 Å². The van der Waals surface area contributed by atoms with E-state index >= 15 is 0 Å². The van der Waals surface area contributed by atoms with Crippen LogP contribution in [-0.4, -0.2) is 44.3 Å². The summed E-state index contributed by atoms with van der Waals surface area (Å²) in [5, 5.41) is 33.6. The maximum absolute atomic E-state index is 10.9. The zero-order chi connectivity index (χ0) is 19.2. The van der Waals surface area contributed by atoms with Gasteiger partial charge in [-0.05, 0) is 25.7 Å². The molecular formula is C16H24O8. The Hall–Kier alpha value is -2.64. The SMILES string of the molecule is C=CC(C=C)(CCCC(=O)O)C(=O)O.O=C(O)CCCCC(=O)O. The normalized spacial score (nSPS) is 10.0. The molecule has 8 nitrogen and oxygen atoms in total. The summed E-state index contributed by atoms with van der Waals surface area (Å²) in [6.45, 7) is 6.85. The number of rotatable bonds is 12. The molecule has 0 aromatic rings. The van der Waals surface area contributed by atoms with Gasteiger partial charge in [0.15, 0.2) is 0 Å². The van der Waals surface area contributed by atoms with Gasteiger partial charge < -0.3 is 20.4 Å². The van der Waals surface area contributed by atoms with Crippen LogP contribution in [0.3, 0.4) is 0 Å². The summed E-state index contributed by atoms with van der Waals surface area (Å²) in [6.07, 6.45) is 4.04. The van der Waals surface area contributed by atoms with Crippen LogP contribution in [0.15, 0.2) is 25.3 Å². The Balaban J connectivity index is 0. The standard InChI is InChI=1S/C10H14O4.C6H10O4/c1-3-10(4-2,9(13)14)7-5-6-8(11)12;7-5(8)3-1-2-4-6(9)10/h3-4H,1-2,5-7H2,(H,11,12)(H,13,14);1-4H2,(H,7,8)(H,9,10). The number of carboxylic acid groups (broad SMARTS) is 4. The minimum Gasteiger partial charge on any atom is -0.481 e. The summed E-state index contributed by atoms with van der Waals surface area (Å²) < 4.78 is 0. The maximum atomic E-state index is 10.9. The third-order valence-electron chi connectivity index (χ3n) is 3.14. The summed E-state index contributed by atoms with van der Waals surface area (Å²) in [4.78, 5) is 40.9. The molecule has 8 heteroatoms.